The summed E-state index contributed by atoms with van der Waals surface area (Å²) in [4.78, 5) is 12.6. The number of nitrogens with zero attached hydrogens (tertiary/aromatic N) is 1. The van der Waals surface area contributed by atoms with Crippen LogP contribution in [-0.4, -0.2) is 29.8 Å². The highest BCUT2D eigenvalue weighted by Gasteiger charge is 2.08. The molecule has 0 bridgehead atoms. The predicted molar refractivity (Wildman–Crippen MR) is 45.7 cm³/mol. The third kappa shape index (κ3) is 3.54. The predicted octanol–water partition coefficient (Wildman–Crippen LogP) is 1.40. The summed E-state index contributed by atoms with van der Waals surface area (Å²) >= 11 is 5.12. The minimum Gasteiger partial charge on any atom is -0.300 e. The fourth-order valence-corrected chi connectivity index (χ4v) is 1.35. The van der Waals surface area contributed by atoms with E-state index in [9.17, 15) is 4.79 Å². The lowest BCUT2D eigenvalue weighted by molar-refractivity contribution is -0.107. The third-order valence-corrected chi connectivity index (χ3v) is 1.94. The van der Waals surface area contributed by atoms with Crippen molar-refractivity contribution in [2.24, 2.45) is 0 Å². The number of hydrogen-bond donors (Lipinski definition) is 0. The summed E-state index contributed by atoms with van der Waals surface area (Å²) in [6.07, 6.45) is 5.80. The van der Waals surface area contributed by atoms with Crippen molar-refractivity contribution in [3.63, 3.8) is 0 Å². The molecule has 3 heteroatoms. The van der Waals surface area contributed by atoms with E-state index in [0.717, 1.165) is 19.6 Å². The Morgan fingerprint density at radius 1 is 1.45 bits per heavy atom. The van der Waals surface area contributed by atoms with Gasteiger partial charge in [-0.2, -0.15) is 0 Å². The summed E-state index contributed by atoms with van der Waals surface area (Å²) < 4.78 is 0. The molecule has 0 aromatic carbocycles. The molecule has 1 aliphatic rings. The Bertz CT molecular complexity index is 161. The van der Waals surface area contributed by atoms with E-state index in [1.165, 1.54) is 18.9 Å². The molecule has 0 spiro atoms. The van der Waals surface area contributed by atoms with Gasteiger partial charge in [0.2, 0.25) is 5.24 Å². The summed E-state index contributed by atoms with van der Waals surface area (Å²) in [5.74, 6) is 0. The number of carbonyl (C=O) groups excluding carboxylic acids is 1. The van der Waals surface area contributed by atoms with Crippen LogP contribution in [0, 0.1) is 0 Å². The Morgan fingerprint density at radius 3 is 2.64 bits per heavy atom. The molecule has 0 radical (unpaired) electrons. The van der Waals surface area contributed by atoms with Gasteiger partial charge in [0.25, 0.3) is 0 Å². The standard InChI is InChI=1S/C8H12ClNO/c9-8(11)4-3-7-10-5-1-2-6-10/h3-4H,1-2,5-7H2/b4-3+. The van der Waals surface area contributed by atoms with Crippen molar-refractivity contribution in [1.82, 2.24) is 4.90 Å². The van der Waals surface area contributed by atoms with Crippen LogP contribution in [0.25, 0.3) is 0 Å². The lowest BCUT2D eigenvalue weighted by atomic mass is 10.4. The van der Waals surface area contributed by atoms with Gasteiger partial charge in [-0.05, 0) is 43.6 Å². The van der Waals surface area contributed by atoms with Gasteiger partial charge in [0.05, 0.1) is 0 Å². The molecule has 0 aliphatic carbocycles. The second kappa shape index (κ2) is 4.52. The van der Waals surface area contributed by atoms with E-state index in [0.29, 0.717) is 0 Å². The van der Waals surface area contributed by atoms with Gasteiger partial charge >= 0.3 is 0 Å². The zero-order valence-corrected chi connectivity index (χ0v) is 7.18. The normalized spacial score (nSPS) is 19.7. The van der Waals surface area contributed by atoms with Gasteiger partial charge in [-0.15, -0.1) is 0 Å². The molecule has 0 atom stereocenters. The van der Waals surface area contributed by atoms with Crippen molar-refractivity contribution in [2.75, 3.05) is 19.6 Å². The number of allylic oxidation sites excluding steroid dienone is 1. The van der Waals surface area contributed by atoms with Crippen LogP contribution in [0.5, 0.6) is 0 Å². The van der Waals surface area contributed by atoms with Crippen molar-refractivity contribution in [2.45, 2.75) is 12.8 Å². The molecule has 0 saturated carbocycles. The molecule has 1 aliphatic heterocycles. The Morgan fingerprint density at radius 2 is 2.09 bits per heavy atom. The van der Waals surface area contributed by atoms with Crippen LogP contribution >= 0.6 is 11.6 Å². The second-order valence-electron chi connectivity index (χ2n) is 2.71. The van der Waals surface area contributed by atoms with Crippen molar-refractivity contribution >= 4 is 16.8 Å². The van der Waals surface area contributed by atoms with Crippen molar-refractivity contribution in [3.8, 4) is 0 Å². The molecule has 0 aromatic rings. The lowest BCUT2D eigenvalue weighted by Crippen LogP contribution is -2.18. The molecular weight excluding hydrogens is 162 g/mol. The molecule has 1 fully saturated rings. The zero-order chi connectivity index (χ0) is 8.10. The number of rotatable bonds is 3. The number of halogens is 1. The van der Waals surface area contributed by atoms with Gasteiger partial charge in [0, 0.05) is 6.54 Å². The monoisotopic (exact) mass is 173 g/mol. The first-order valence-electron chi connectivity index (χ1n) is 3.87. The van der Waals surface area contributed by atoms with Crippen molar-refractivity contribution in [1.29, 1.82) is 0 Å². The van der Waals surface area contributed by atoms with Crippen LogP contribution < -0.4 is 0 Å². The molecule has 0 unspecified atom stereocenters. The molecular formula is C8H12ClNO. The smallest absolute Gasteiger partial charge is 0.244 e. The maximum atomic E-state index is 10.3. The molecule has 1 rings (SSSR count). The Balaban J connectivity index is 2.15. The first-order chi connectivity index (χ1) is 5.29. The fourth-order valence-electron chi connectivity index (χ4n) is 1.26. The van der Waals surface area contributed by atoms with E-state index in [2.05, 4.69) is 4.90 Å². The van der Waals surface area contributed by atoms with E-state index in [1.54, 1.807) is 0 Å². The number of hydrogen-bond acceptors (Lipinski definition) is 2. The second-order valence-corrected chi connectivity index (χ2v) is 3.09. The maximum Gasteiger partial charge on any atom is 0.244 e. The minimum absolute atomic E-state index is 0.385. The highest BCUT2D eigenvalue weighted by Crippen LogP contribution is 2.06. The van der Waals surface area contributed by atoms with Gasteiger partial charge < -0.3 is 0 Å². The van der Waals surface area contributed by atoms with Crippen LogP contribution in [0.3, 0.4) is 0 Å². The first-order valence-corrected chi connectivity index (χ1v) is 4.25. The molecule has 0 amide bonds. The van der Waals surface area contributed by atoms with E-state index in [-0.39, 0.29) is 5.24 Å². The van der Waals surface area contributed by atoms with Gasteiger partial charge in [-0.1, -0.05) is 6.08 Å². The quantitative estimate of drug-likeness (QED) is 0.475. The van der Waals surface area contributed by atoms with Gasteiger partial charge in [0.15, 0.2) is 0 Å². The molecule has 0 aromatic heterocycles. The average molecular weight is 174 g/mol. The van der Waals surface area contributed by atoms with Gasteiger partial charge in [-0.25, -0.2) is 0 Å². The number of carbonyl (C=O) groups is 1. The van der Waals surface area contributed by atoms with Gasteiger partial charge in [0.1, 0.15) is 0 Å². The van der Waals surface area contributed by atoms with Crippen LogP contribution in [0.4, 0.5) is 0 Å². The van der Waals surface area contributed by atoms with Crippen LogP contribution in [0.1, 0.15) is 12.8 Å². The summed E-state index contributed by atoms with van der Waals surface area (Å²) in [7, 11) is 0. The third-order valence-electron chi connectivity index (χ3n) is 1.81. The molecule has 1 saturated heterocycles. The highest BCUT2D eigenvalue weighted by molar-refractivity contribution is 6.66. The molecule has 1 heterocycles. The SMILES string of the molecule is O=C(Cl)/C=C/CN1CCCC1. The molecule has 11 heavy (non-hydrogen) atoms. The number of likely N-dealkylation sites (tertiary alicyclic amines) is 1. The maximum absolute atomic E-state index is 10.3. The summed E-state index contributed by atoms with van der Waals surface area (Å²) in [6, 6.07) is 0. The van der Waals surface area contributed by atoms with E-state index < -0.39 is 0 Å². The van der Waals surface area contributed by atoms with Crippen molar-refractivity contribution in [3.05, 3.63) is 12.2 Å². The van der Waals surface area contributed by atoms with Crippen LogP contribution in [0.15, 0.2) is 12.2 Å². The zero-order valence-electron chi connectivity index (χ0n) is 6.42. The van der Waals surface area contributed by atoms with E-state index in [1.807, 2.05) is 6.08 Å². The summed E-state index contributed by atoms with van der Waals surface area (Å²) in [5, 5.41) is -0.385. The van der Waals surface area contributed by atoms with E-state index in [4.69, 9.17) is 11.6 Å². The topological polar surface area (TPSA) is 20.3 Å². The Labute approximate surface area is 71.8 Å². The minimum atomic E-state index is -0.385. The van der Waals surface area contributed by atoms with E-state index >= 15 is 0 Å². The summed E-state index contributed by atoms with van der Waals surface area (Å²) in [6.45, 7) is 3.17. The van der Waals surface area contributed by atoms with Gasteiger partial charge in [-0.3, -0.25) is 9.69 Å². The van der Waals surface area contributed by atoms with Crippen LogP contribution in [0.2, 0.25) is 0 Å². The lowest BCUT2D eigenvalue weighted by Gasteiger charge is -2.09. The Hall–Kier alpha value is -0.340. The first kappa shape index (κ1) is 8.75. The largest absolute Gasteiger partial charge is 0.300 e. The fraction of sp³-hybridized carbons (Fsp3) is 0.625. The molecule has 2 nitrogen and oxygen atoms in total. The van der Waals surface area contributed by atoms with Crippen molar-refractivity contribution < 1.29 is 4.79 Å². The van der Waals surface area contributed by atoms with Crippen LogP contribution in [-0.2, 0) is 4.79 Å². The highest BCUT2D eigenvalue weighted by atomic mass is 35.5. The molecule has 62 valence electrons. The Kier molecular flexibility index (Phi) is 3.60. The summed E-state index contributed by atoms with van der Waals surface area (Å²) in [5.41, 5.74) is 0. The molecule has 0 N–H and O–H groups in total. The average Bonchev–Trinajstić information content (AvgIpc) is 2.39.